The lowest BCUT2D eigenvalue weighted by Gasteiger charge is -2.30. The molecular weight excluding hydrogens is 332 g/mol. The second-order valence-corrected chi connectivity index (χ2v) is 8.45. The first kappa shape index (κ1) is 13.5. The Bertz CT molecular complexity index is 633. The maximum Gasteiger partial charge on any atom is 0.107 e. The zero-order valence-electron chi connectivity index (χ0n) is 11.1. The molecule has 0 nitrogen and oxygen atoms in total. The zero-order valence-corrected chi connectivity index (χ0v) is 14.3. The molecule has 21 heavy (non-hydrogen) atoms. The van der Waals surface area contributed by atoms with Gasteiger partial charge in [0.2, 0.25) is 0 Å². The van der Waals surface area contributed by atoms with E-state index in [0.717, 1.165) is 0 Å². The van der Waals surface area contributed by atoms with Crippen molar-refractivity contribution in [2.45, 2.75) is 5.41 Å². The lowest BCUT2D eigenvalue weighted by Crippen LogP contribution is -2.26. The van der Waals surface area contributed by atoms with Crippen LogP contribution in [0.1, 0.15) is 19.5 Å². The van der Waals surface area contributed by atoms with Gasteiger partial charge >= 0.3 is 0 Å². The highest BCUT2D eigenvalue weighted by Crippen LogP contribution is 2.51. The van der Waals surface area contributed by atoms with Gasteiger partial charge in [0, 0.05) is 19.5 Å². The largest absolute Gasteiger partial charge is 0.147 e. The molecular formula is C17H12S4. The number of thiophene rings is 4. The number of hydrogen-bond donors (Lipinski definition) is 0. The van der Waals surface area contributed by atoms with E-state index in [9.17, 15) is 0 Å². The molecule has 0 spiro atoms. The Kier molecular flexibility index (Phi) is 3.55. The molecule has 0 aromatic carbocycles. The quantitative estimate of drug-likeness (QED) is 0.406. The standard InChI is InChI=1S/C17H12S4/c1-5-13(18-9-1)17(14-6-2-10-19-14,15-7-3-11-20-15)16-8-4-12-21-16/h1-12H. The summed E-state index contributed by atoms with van der Waals surface area (Å²) in [6.07, 6.45) is 0. The minimum atomic E-state index is -0.134. The van der Waals surface area contributed by atoms with Crippen molar-refractivity contribution < 1.29 is 0 Å². The van der Waals surface area contributed by atoms with Gasteiger partial charge < -0.3 is 0 Å². The van der Waals surface area contributed by atoms with Crippen molar-refractivity contribution >= 4 is 45.3 Å². The van der Waals surface area contributed by atoms with Crippen molar-refractivity contribution in [3.05, 3.63) is 89.6 Å². The summed E-state index contributed by atoms with van der Waals surface area (Å²) in [6.45, 7) is 0. The van der Waals surface area contributed by atoms with Crippen molar-refractivity contribution in [1.29, 1.82) is 0 Å². The first-order valence-corrected chi connectivity index (χ1v) is 10.1. The second-order valence-electron chi connectivity index (χ2n) is 4.66. The summed E-state index contributed by atoms with van der Waals surface area (Å²) in [5.41, 5.74) is -0.134. The summed E-state index contributed by atoms with van der Waals surface area (Å²) in [4.78, 5) is 5.59. The Morgan fingerprint density at radius 3 is 0.952 bits per heavy atom. The first-order valence-electron chi connectivity index (χ1n) is 6.58. The molecule has 4 heteroatoms. The molecule has 0 aliphatic heterocycles. The zero-order chi connectivity index (χ0) is 14.1. The molecule has 0 atom stereocenters. The molecule has 4 heterocycles. The molecule has 4 rings (SSSR count). The molecule has 0 bridgehead atoms. The van der Waals surface area contributed by atoms with Gasteiger partial charge in [0.05, 0.1) is 0 Å². The summed E-state index contributed by atoms with van der Waals surface area (Å²) in [6, 6.07) is 17.7. The first-order chi connectivity index (χ1) is 10.4. The molecule has 0 unspecified atom stereocenters. The van der Waals surface area contributed by atoms with E-state index in [-0.39, 0.29) is 5.41 Å². The lowest BCUT2D eigenvalue weighted by molar-refractivity contribution is 0.823. The molecule has 0 radical (unpaired) electrons. The molecule has 0 fully saturated rings. The van der Waals surface area contributed by atoms with Crippen LogP contribution in [0.25, 0.3) is 0 Å². The van der Waals surface area contributed by atoms with E-state index in [1.165, 1.54) is 19.5 Å². The van der Waals surface area contributed by atoms with Crippen molar-refractivity contribution in [2.24, 2.45) is 0 Å². The van der Waals surface area contributed by atoms with Gasteiger partial charge in [-0.2, -0.15) is 0 Å². The normalized spacial score (nSPS) is 11.8. The van der Waals surface area contributed by atoms with Crippen LogP contribution in [0.4, 0.5) is 0 Å². The van der Waals surface area contributed by atoms with Gasteiger partial charge in [-0.1, -0.05) is 24.3 Å². The van der Waals surface area contributed by atoms with Crippen molar-refractivity contribution in [3.63, 3.8) is 0 Å². The van der Waals surface area contributed by atoms with E-state index >= 15 is 0 Å². The SMILES string of the molecule is c1csc(C(c2cccs2)(c2cccs2)c2cccs2)c1. The molecule has 4 aromatic rings. The van der Waals surface area contributed by atoms with Gasteiger partial charge in [-0.3, -0.25) is 0 Å². The highest BCUT2D eigenvalue weighted by Gasteiger charge is 2.41. The highest BCUT2D eigenvalue weighted by molar-refractivity contribution is 7.15. The summed E-state index contributed by atoms with van der Waals surface area (Å²) in [5, 5.41) is 8.72. The molecule has 104 valence electrons. The minimum Gasteiger partial charge on any atom is -0.147 e. The Hall–Kier alpha value is -1.20. The lowest BCUT2D eigenvalue weighted by atomic mass is 9.81. The molecule has 0 aliphatic rings. The number of rotatable bonds is 4. The second kappa shape index (κ2) is 5.54. The fourth-order valence-corrected chi connectivity index (χ4v) is 6.95. The summed E-state index contributed by atoms with van der Waals surface area (Å²) in [5.74, 6) is 0. The molecule has 0 saturated heterocycles. The van der Waals surface area contributed by atoms with E-state index < -0.39 is 0 Å². The van der Waals surface area contributed by atoms with Crippen LogP contribution in [0.15, 0.2) is 70.1 Å². The number of hydrogen-bond acceptors (Lipinski definition) is 4. The van der Waals surface area contributed by atoms with Crippen molar-refractivity contribution in [1.82, 2.24) is 0 Å². The van der Waals surface area contributed by atoms with E-state index in [1.807, 2.05) is 45.3 Å². The van der Waals surface area contributed by atoms with E-state index in [2.05, 4.69) is 70.1 Å². The molecule has 0 amide bonds. The topological polar surface area (TPSA) is 0 Å². The highest BCUT2D eigenvalue weighted by atomic mass is 32.1. The van der Waals surface area contributed by atoms with Crippen LogP contribution in [0.2, 0.25) is 0 Å². The average Bonchev–Trinajstić information content (AvgIpc) is 3.32. The maximum absolute atomic E-state index is 2.27. The fourth-order valence-electron chi connectivity index (χ4n) is 2.70. The van der Waals surface area contributed by atoms with Crippen molar-refractivity contribution in [2.75, 3.05) is 0 Å². The third kappa shape index (κ3) is 2.06. The maximum atomic E-state index is 2.27. The fraction of sp³-hybridized carbons (Fsp3) is 0.0588. The Labute approximate surface area is 140 Å². The van der Waals surface area contributed by atoms with E-state index in [0.29, 0.717) is 0 Å². The van der Waals surface area contributed by atoms with Crippen LogP contribution in [-0.2, 0) is 5.41 Å². The predicted molar refractivity (Wildman–Crippen MR) is 96.3 cm³/mol. The van der Waals surface area contributed by atoms with Crippen LogP contribution < -0.4 is 0 Å². The molecule has 4 aromatic heterocycles. The van der Waals surface area contributed by atoms with Crippen LogP contribution in [0, 0.1) is 0 Å². The van der Waals surface area contributed by atoms with Gasteiger partial charge in [0.1, 0.15) is 5.41 Å². The average molecular weight is 345 g/mol. The van der Waals surface area contributed by atoms with Crippen LogP contribution in [0.5, 0.6) is 0 Å². The van der Waals surface area contributed by atoms with Crippen LogP contribution >= 0.6 is 45.3 Å². The smallest absolute Gasteiger partial charge is 0.107 e. The Morgan fingerprint density at radius 2 is 0.762 bits per heavy atom. The van der Waals surface area contributed by atoms with Gasteiger partial charge in [-0.25, -0.2) is 0 Å². The van der Waals surface area contributed by atoms with Gasteiger partial charge in [-0.05, 0) is 45.8 Å². The Morgan fingerprint density at radius 1 is 0.476 bits per heavy atom. The summed E-state index contributed by atoms with van der Waals surface area (Å²) >= 11 is 7.38. The monoisotopic (exact) mass is 344 g/mol. The van der Waals surface area contributed by atoms with E-state index in [4.69, 9.17) is 0 Å². The Balaban J connectivity index is 2.10. The molecule has 0 saturated carbocycles. The molecule has 0 aliphatic carbocycles. The molecule has 0 N–H and O–H groups in total. The van der Waals surface area contributed by atoms with Gasteiger partial charge in [0.25, 0.3) is 0 Å². The third-order valence-electron chi connectivity index (χ3n) is 3.56. The summed E-state index contributed by atoms with van der Waals surface area (Å²) in [7, 11) is 0. The van der Waals surface area contributed by atoms with Crippen LogP contribution in [0.3, 0.4) is 0 Å². The predicted octanol–water partition coefficient (Wildman–Crippen LogP) is 6.32. The van der Waals surface area contributed by atoms with Gasteiger partial charge in [0.15, 0.2) is 0 Å². The third-order valence-corrected chi connectivity index (χ3v) is 7.52. The van der Waals surface area contributed by atoms with E-state index in [1.54, 1.807) is 0 Å². The van der Waals surface area contributed by atoms with Crippen molar-refractivity contribution in [3.8, 4) is 0 Å². The van der Waals surface area contributed by atoms with Gasteiger partial charge in [-0.15, -0.1) is 45.3 Å². The minimum absolute atomic E-state index is 0.134. The summed E-state index contributed by atoms with van der Waals surface area (Å²) < 4.78 is 0. The van der Waals surface area contributed by atoms with Crippen LogP contribution in [-0.4, -0.2) is 0 Å².